The topological polar surface area (TPSA) is 57.2 Å². The van der Waals surface area contributed by atoms with Crippen molar-refractivity contribution in [1.82, 2.24) is 4.90 Å². The molecule has 0 radical (unpaired) electrons. The lowest BCUT2D eigenvalue weighted by molar-refractivity contribution is -0.179. The van der Waals surface area contributed by atoms with Crippen LogP contribution in [0.25, 0.3) is 0 Å². The van der Waals surface area contributed by atoms with Crippen molar-refractivity contribution in [3.05, 3.63) is 93.5 Å². The Morgan fingerprint density at radius 1 is 0.921 bits per heavy atom. The van der Waals surface area contributed by atoms with Gasteiger partial charge in [-0.3, -0.25) is 4.79 Å². The number of halogens is 2. The molecule has 0 spiro atoms. The van der Waals surface area contributed by atoms with Gasteiger partial charge in [-0.1, -0.05) is 60.5 Å². The summed E-state index contributed by atoms with van der Waals surface area (Å²) in [5.41, 5.74) is 2.78. The summed E-state index contributed by atoms with van der Waals surface area (Å²) in [6.07, 6.45) is -0.332. The lowest BCUT2D eigenvalue weighted by Crippen LogP contribution is -2.55. The number of carbonyl (C=O) groups excluding carboxylic acids is 1. The molecule has 4 atom stereocenters. The van der Waals surface area contributed by atoms with Gasteiger partial charge in [0, 0.05) is 10.0 Å². The molecular formula is C30H33Cl2NO5. The minimum Gasteiger partial charge on any atom is -0.493 e. The number of benzene rings is 3. The molecular weight excluding hydrogens is 525 g/mol. The molecule has 1 saturated heterocycles. The second-order valence-corrected chi connectivity index (χ2v) is 10.1. The van der Waals surface area contributed by atoms with E-state index < -0.39 is 12.2 Å². The summed E-state index contributed by atoms with van der Waals surface area (Å²) in [5, 5.41) is 1.24. The zero-order chi connectivity index (χ0) is 27.2. The highest BCUT2D eigenvalue weighted by Crippen LogP contribution is 2.44. The number of rotatable bonds is 10. The second-order valence-electron chi connectivity index (χ2n) is 9.26. The summed E-state index contributed by atoms with van der Waals surface area (Å²) in [7, 11) is 3.21. The molecule has 6 nitrogen and oxygen atoms in total. The van der Waals surface area contributed by atoms with Crippen LogP contribution in [-0.2, 0) is 20.9 Å². The Hall–Kier alpha value is -2.77. The number of hydrogen-bond donors (Lipinski definition) is 0. The first-order valence-corrected chi connectivity index (χ1v) is 13.4. The van der Waals surface area contributed by atoms with Gasteiger partial charge in [-0.15, -0.1) is 0 Å². The molecule has 0 bridgehead atoms. The van der Waals surface area contributed by atoms with Crippen molar-refractivity contribution < 1.29 is 23.7 Å². The van der Waals surface area contributed by atoms with Crippen LogP contribution in [0.3, 0.4) is 0 Å². The van der Waals surface area contributed by atoms with E-state index in [9.17, 15) is 4.79 Å². The maximum absolute atomic E-state index is 13.7. The van der Waals surface area contributed by atoms with Gasteiger partial charge in [0.25, 0.3) is 5.91 Å². The highest BCUT2D eigenvalue weighted by atomic mass is 35.5. The fourth-order valence-electron chi connectivity index (χ4n) is 4.87. The van der Waals surface area contributed by atoms with Crippen LogP contribution in [0.5, 0.6) is 11.5 Å². The monoisotopic (exact) mass is 557 g/mol. The van der Waals surface area contributed by atoms with Gasteiger partial charge < -0.3 is 23.8 Å². The average molecular weight is 559 g/mol. The molecule has 1 aliphatic rings. The van der Waals surface area contributed by atoms with E-state index in [0.717, 1.165) is 16.7 Å². The molecule has 1 fully saturated rings. The molecule has 0 aromatic heterocycles. The Balaban J connectivity index is 1.63. The highest BCUT2D eigenvalue weighted by molar-refractivity contribution is 6.30. The van der Waals surface area contributed by atoms with Crippen molar-refractivity contribution in [2.45, 2.75) is 51.2 Å². The van der Waals surface area contributed by atoms with Gasteiger partial charge in [0.15, 0.2) is 11.5 Å². The summed E-state index contributed by atoms with van der Waals surface area (Å²) in [4.78, 5) is 15.6. The normalized spacial score (nSPS) is 20.3. The van der Waals surface area contributed by atoms with Crippen LogP contribution in [0, 0.1) is 0 Å². The molecule has 0 aliphatic carbocycles. The molecule has 1 heterocycles. The number of methoxy groups -OCH3 is 2. The second kappa shape index (κ2) is 12.9. The third-order valence-corrected chi connectivity index (χ3v) is 7.31. The van der Waals surface area contributed by atoms with Crippen molar-refractivity contribution in [1.29, 1.82) is 0 Å². The van der Waals surface area contributed by atoms with Crippen LogP contribution in [0.2, 0.25) is 10.0 Å². The smallest absolute Gasteiger partial charge is 0.252 e. The molecule has 38 heavy (non-hydrogen) atoms. The molecule has 202 valence electrons. The predicted molar refractivity (Wildman–Crippen MR) is 149 cm³/mol. The van der Waals surface area contributed by atoms with Gasteiger partial charge >= 0.3 is 0 Å². The van der Waals surface area contributed by atoms with E-state index in [0.29, 0.717) is 41.2 Å². The number of morpholine rings is 1. The molecule has 1 aliphatic heterocycles. The van der Waals surface area contributed by atoms with E-state index >= 15 is 0 Å². The van der Waals surface area contributed by atoms with Crippen molar-refractivity contribution in [2.75, 3.05) is 20.8 Å². The molecule has 3 aromatic carbocycles. The van der Waals surface area contributed by atoms with E-state index in [-0.39, 0.29) is 18.0 Å². The molecule has 0 saturated carbocycles. The first-order chi connectivity index (χ1) is 18.4. The Labute approximate surface area is 234 Å². The Morgan fingerprint density at radius 3 is 2.32 bits per heavy atom. The van der Waals surface area contributed by atoms with Crippen LogP contribution in [-0.4, -0.2) is 43.8 Å². The highest BCUT2D eigenvalue weighted by Gasteiger charge is 2.45. The number of carbonyl (C=O) groups is 1. The third kappa shape index (κ3) is 6.26. The first-order valence-electron chi connectivity index (χ1n) is 12.6. The maximum Gasteiger partial charge on any atom is 0.252 e. The van der Waals surface area contributed by atoms with E-state index in [4.69, 9.17) is 42.1 Å². The molecule has 0 unspecified atom stereocenters. The Morgan fingerprint density at radius 2 is 1.66 bits per heavy atom. The minimum atomic E-state index is -0.623. The third-order valence-electron chi connectivity index (χ3n) is 6.82. The summed E-state index contributed by atoms with van der Waals surface area (Å²) >= 11 is 12.6. The summed E-state index contributed by atoms with van der Waals surface area (Å²) in [6, 6.07) is 20.3. The van der Waals surface area contributed by atoms with Gasteiger partial charge in [0.1, 0.15) is 12.2 Å². The van der Waals surface area contributed by atoms with E-state index in [2.05, 4.69) is 6.92 Å². The van der Waals surface area contributed by atoms with Crippen molar-refractivity contribution in [2.24, 2.45) is 0 Å². The van der Waals surface area contributed by atoms with Crippen LogP contribution < -0.4 is 9.47 Å². The first kappa shape index (κ1) is 28.2. The van der Waals surface area contributed by atoms with Gasteiger partial charge in [-0.25, -0.2) is 0 Å². The summed E-state index contributed by atoms with van der Waals surface area (Å²) in [5.74, 6) is 1.23. The standard InChI is InChI=1S/C30H33Cl2NO5/c1-5-25(18-37-17-20-9-14-26(35-3)27(15-20)36-4)33-28(21-10-12-23(31)13-11-21)29(38-19(2)30(33)34)22-7-6-8-24(32)16-22/h6-16,19,25,28-29H,5,17-18H2,1-4H3/t19-,25+,28+,29-/m1/s1. The largest absolute Gasteiger partial charge is 0.493 e. The van der Waals surface area contributed by atoms with E-state index in [1.165, 1.54) is 0 Å². The SMILES string of the molecule is CC[C@@H](COCc1ccc(OC)c(OC)c1)N1C(=O)[C@@H](C)O[C@H](c2cccc(Cl)c2)[C@@H]1c1ccc(Cl)cc1. The zero-order valence-electron chi connectivity index (χ0n) is 22.0. The zero-order valence-corrected chi connectivity index (χ0v) is 23.5. The minimum absolute atomic E-state index is 0.0789. The van der Waals surface area contributed by atoms with Gasteiger partial charge in [0.05, 0.1) is 39.5 Å². The van der Waals surface area contributed by atoms with Crippen molar-refractivity contribution in [3.8, 4) is 11.5 Å². The molecule has 8 heteroatoms. The number of ether oxygens (including phenoxy) is 4. The Kier molecular flexibility index (Phi) is 9.55. The number of hydrogen-bond acceptors (Lipinski definition) is 5. The lowest BCUT2D eigenvalue weighted by Gasteiger charge is -2.47. The lowest BCUT2D eigenvalue weighted by atomic mass is 9.90. The fourth-order valence-corrected chi connectivity index (χ4v) is 5.20. The van der Waals surface area contributed by atoms with E-state index in [1.807, 2.05) is 71.6 Å². The van der Waals surface area contributed by atoms with Crippen LogP contribution in [0.15, 0.2) is 66.7 Å². The van der Waals surface area contributed by atoms with Crippen LogP contribution >= 0.6 is 23.2 Å². The fraction of sp³-hybridized carbons (Fsp3) is 0.367. The summed E-state index contributed by atoms with van der Waals surface area (Å²) in [6.45, 7) is 4.58. The molecule has 3 aromatic rings. The Bertz CT molecular complexity index is 1240. The number of amides is 1. The average Bonchev–Trinajstić information content (AvgIpc) is 2.93. The van der Waals surface area contributed by atoms with Gasteiger partial charge in [0.2, 0.25) is 0 Å². The van der Waals surface area contributed by atoms with Crippen LogP contribution in [0.4, 0.5) is 0 Å². The van der Waals surface area contributed by atoms with E-state index in [1.54, 1.807) is 21.1 Å². The summed E-state index contributed by atoms with van der Waals surface area (Å²) < 4.78 is 23.2. The van der Waals surface area contributed by atoms with Gasteiger partial charge in [-0.05, 0) is 66.4 Å². The van der Waals surface area contributed by atoms with Crippen molar-refractivity contribution in [3.63, 3.8) is 0 Å². The molecule has 4 rings (SSSR count). The quantitative estimate of drug-likeness (QED) is 0.267. The molecule has 1 amide bonds. The predicted octanol–water partition coefficient (Wildman–Crippen LogP) is 7.04. The van der Waals surface area contributed by atoms with Crippen molar-refractivity contribution >= 4 is 29.1 Å². The van der Waals surface area contributed by atoms with Crippen LogP contribution in [0.1, 0.15) is 49.1 Å². The molecule has 0 N–H and O–H groups in total. The number of nitrogens with zero attached hydrogens (tertiary/aromatic N) is 1. The van der Waals surface area contributed by atoms with Gasteiger partial charge in [-0.2, -0.15) is 0 Å². The maximum atomic E-state index is 13.7.